The van der Waals surface area contributed by atoms with Gasteiger partial charge in [-0.3, -0.25) is 4.90 Å². The van der Waals surface area contributed by atoms with Gasteiger partial charge in [-0.15, -0.1) is 0 Å². The summed E-state index contributed by atoms with van der Waals surface area (Å²) < 4.78 is 2.29. The molecular weight excluding hydrogens is 246 g/mol. The maximum atomic E-state index is 3.48. The van der Waals surface area contributed by atoms with Gasteiger partial charge >= 0.3 is 0 Å². The molecule has 1 aromatic carbocycles. The van der Waals surface area contributed by atoms with Crippen LogP contribution in [0.25, 0.3) is 10.9 Å². The van der Waals surface area contributed by atoms with Crippen LogP contribution in [0.4, 0.5) is 0 Å². The lowest BCUT2D eigenvalue weighted by atomic mass is 10.0. The first-order valence-electron chi connectivity index (χ1n) is 7.64. The fraction of sp³-hybridized carbons (Fsp3) is 0.529. The molecule has 1 aliphatic heterocycles. The average Bonchev–Trinajstić information content (AvgIpc) is 2.62. The highest BCUT2D eigenvalue weighted by atomic mass is 15.2. The Morgan fingerprint density at radius 3 is 2.85 bits per heavy atom. The molecule has 1 N–H and O–H groups in total. The SMILES string of the molecule is Cc1ccc2c(CN3CCCNCC3)cn(C)c2c1C. The number of fused-ring (bicyclic) bond motifs is 1. The molecule has 0 bridgehead atoms. The van der Waals surface area contributed by atoms with Gasteiger partial charge in [0.15, 0.2) is 0 Å². The second-order valence-electron chi connectivity index (χ2n) is 6.05. The van der Waals surface area contributed by atoms with Crippen LogP contribution in [0.2, 0.25) is 0 Å². The van der Waals surface area contributed by atoms with Crippen molar-refractivity contribution < 1.29 is 0 Å². The van der Waals surface area contributed by atoms with Crippen molar-refractivity contribution >= 4 is 10.9 Å². The van der Waals surface area contributed by atoms with E-state index in [0.29, 0.717) is 0 Å². The summed E-state index contributed by atoms with van der Waals surface area (Å²) in [6.07, 6.45) is 3.57. The first kappa shape index (κ1) is 13.7. The molecule has 0 amide bonds. The zero-order chi connectivity index (χ0) is 14.1. The third kappa shape index (κ3) is 2.48. The molecule has 0 saturated carbocycles. The van der Waals surface area contributed by atoms with Crippen molar-refractivity contribution in [1.29, 1.82) is 0 Å². The van der Waals surface area contributed by atoms with Crippen LogP contribution in [0.3, 0.4) is 0 Å². The van der Waals surface area contributed by atoms with Gasteiger partial charge in [0.1, 0.15) is 0 Å². The minimum atomic E-state index is 1.07. The Balaban J connectivity index is 1.94. The first-order chi connectivity index (χ1) is 9.66. The minimum absolute atomic E-state index is 1.07. The molecule has 108 valence electrons. The Morgan fingerprint density at radius 1 is 1.15 bits per heavy atom. The monoisotopic (exact) mass is 271 g/mol. The summed E-state index contributed by atoms with van der Waals surface area (Å²) in [6.45, 7) is 10.1. The molecule has 0 aliphatic carbocycles. The van der Waals surface area contributed by atoms with E-state index in [1.807, 2.05) is 0 Å². The quantitative estimate of drug-likeness (QED) is 0.906. The normalized spacial score (nSPS) is 17.6. The van der Waals surface area contributed by atoms with Crippen LogP contribution in [0.15, 0.2) is 18.3 Å². The van der Waals surface area contributed by atoms with Crippen molar-refractivity contribution in [2.75, 3.05) is 26.2 Å². The molecule has 2 aromatic rings. The Kier molecular flexibility index (Phi) is 3.81. The van der Waals surface area contributed by atoms with E-state index < -0.39 is 0 Å². The number of nitrogens with one attached hydrogen (secondary N) is 1. The molecule has 1 aliphatic rings. The van der Waals surface area contributed by atoms with Gasteiger partial charge < -0.3 is 9.88 Å². The summed E-state index contributed by atoms with van der Waals surface area (Å²) in [5.41, 5.74) is 5.65. The number of rotatable bonds is 2. The standard InChI is InChI=1S/C17H25N3/c1-13-5-6-16-15(11-19(3)17(16)14(13)2)12-20-9-4-7-18-8-10-20/h5-6,11,18H,4,7-10,12H2,1-3H3. The Bertz CT molecular complexity index is 604. The topological polar surface area (TPSA) is 20.2 Å². The van der Waals surface area contributed by atoms with E-state index in [0.717, 1.165) is 26.2 Å². The number of aryl methyl sites for hydroxylation is 3. The molecule has 0 unspecified atom stereocenters. The number of aromatic nitrogens is 1. The summed E-state index contributed by atoms with van der Waals surface area (Å²) in [7, 11) is 2.17. The molecule has 0 spiro atoms. The van der Waals surface area contributed by atoms with Crippen molar-refractivity contribution in [1.82, 2.24) is 14.8 Å². The van der Waals surface area contributed by atoms with Crippen LogP contribution in [0.5, 0.6) is 0 Å². The van der Waals surface area contributed by atoms with Gasteiger partial charge in [-0.1, -0.05) is 12.1 Å². The Labute approximate surface area is 121 Å². The van der Waals surface area contributed by atoms with Gasteiger partial charge in [0, 0.05) is 38.3 Å². The predicted octanol–water partition coefficient (Wildman–Crippen LogP) is 2.59. The fourth-order valence-corrected chi connectivity index (χ4v) is 3.31. The third-order valence-electron chi connectivity index (χ3n) is 4.58. The van der Waals surface area contributed by atoms with Gasteiger partial charge in [-0.25, -0.2) is 0 Å². The molecular formula is C17H25N3. The molecule has 20 heavy (non-hydrogen) atoms. The summed E-state index contributed by atoms with van der Waals surface area (Å²) in [5.74, 6) is 0. The zero-order valence-corrected chi connectivity index (χ0v) is 12.9. The number of nitrogens with zero attached hydrogens (tertiary/aromatic N) is 2. The lowest BCUT2D eigenvalue weighted by Gasteiger charge is -2.18. The Morgan fingerprint density at radius 2 is 2.00 bits per heavy atom. The highest BCUT2D eigenvalue weighted by Gasteiger charge is 2.14. The van der Waals surface area contributed by atoms with Gasteiger partial charge in [0.2, 0.25) is 0 Å². The number of hydrogen-bond donors (Lipinski definition) is 1. The lowest BCUT2D eigenvalue weighted by molar-refractivity contribution is 0.285. The molecule has 3 heteroatoms. The molecule has 3 nitrogen and oxygen atoms in total. The molecule has 0 atom stereocenters. The minimum Gasteiger partial charge on any atom is -0.350 e. The third-order valence-corrected chi connectivity index (χ3v) is 4.58. The van der Waals surface area contributed by atoms with E-state index in [2.05, 4.69) is 54.0 Å². The second kappa shape index (κ2) is 5.58. The van der Waals surface area contributed by atoms with Crippen molar-refractivity contribution in [3.63, 3.8) is 0 Å². The number of hydrogen-bond acceptors (Lipinski definition) is 2. The van der Waals surface area contributed by atoms with E-state index in [4.69, 9.17) is 0 Å². The predicted molar refractivity (Wildman–Crippen MR) is 85.2 cm³/mol. The van der Waals surface area contributed by atoms with E-state index in [1.165, 1.54) is 40.6 Å². The van der Waals surface area contributed by atoms with Gasteiger partial charge in [-0.2, -0.15) is 0 Å². The summed E-state index contributed by atoms with van der Waals surface area (Å²) in [6, 6.07) is 4.55. The van der Waals surface area contributed by atoms with Gasteiger partial charge in [-0.05, 0) is 50.0 Å². The number of benzene rings is 1. The smallest absolute Gasteiger partial charge is 0.0513 e. The van der Waals surface area contributed by atoms with E-state index in [9.17, 15) is 0 Å². The Hall–Kier alpha value is -1.32. The molecule has 2 heterocycles. The van der Waals surface area contributed by atoms with Crippen molar-refractivity contribution in [2.45, 2.75) is 26.8 Å². The van der Waals surface area contributed by atoms with Crippen molar-refractivity contribution in [3.05, 3.63) is 35.0 Å². The highest BCUT2D eigenvalue weighted by Crippen LogP contribution is 2.27. The van der Waals surface area contributed by atoms with Gasteiger partial charge in [0.05, 0.1) is 5.52 Å². The van der Waals surface area contributed by atoms with Crippen molar-refractivity contribution in [2.24, 2.45) is 7.05 Å². The van der Waals surface area contributed by atoms with Crippen molar-refractivity contribution in [3.8, 4) is 0 Å². The zero-order valence-electron chi connectivity index (χ0n) is 12.9. The van der Waals surface area contributed by atoms with E-state index in [-0.39, 0.29) is 0 Å². The molecule has 3 rings (SSSR count). The van der Waals surface area contributed by atoms with Crippen LogP contribution in [0.1, 0.15) is 23.1 Å². The molecule has 1 saturated heterocycles. The van der Waals surface area contributed by atoms with Crippen LogP contribution < -0.4 is 5.32 Å². The lowest BCUT2D eigenvalue weighted by Crippen LogP contribution is -2.27. The molecule has 0 radical (unpaired) electrons. The first-order valence-corrected chi connectivity index (χ1v) is 7.64. The van der Waals surface area contributed by atoms with Gasteiger partial charge in [0.25, 0.3) is 0 Å². The van der Waals surface area contributed by atoms with Crippen LogP contribution in [-0.2, 0) is 13.6 Å². The molecule has 1 aromatic heterocycles. The summed E-state index contributed by atoms with van der Waals surface area (Å²) in [4.78, 5) is 2.57. The highest BCUT2D eigenvalue weighted by molar-refractivity contribution is 5.87. The van der Waals surface area contributed by atoms with E-state index in [1.54, 1.807) is 0 Å². The molecule has 1 fully saturated rings. The van der Waals surface area contributed by atoms with Crippen LogP contribution >= 0.6 is 0 Å². The van der Waals surface area contributed by atoms with Crippen LogP contribution in [0, 0.1) is 13.8 Å². The van der Waals surface area contributed by atoms with E-state index >= 15 is 0 Å². The van der Waals surface area contributed by atoms with Crippen LogP contribution in [-0.4, -0.2) is 35.6 Å². The second-order valence-corrected chi connectivity index (χ2v) is 6.05. The maximum absolute atomic E-state index is 3.48. The summed E-state index contributed by atoms with van der Waals surface area (Å²) >= 11 is 0. The average molecular weight is 271 g/mol. The maximum Gasteiger partial charge on any atom is 0.0513 e. The fourth-order valence-electron chi connectivity index (χ4n) is 3.31. The summed E-state index contributed by atoms with van der Waals surface area (Å²) in [5, 5.41) is 4.90. The largest absolute Gasteiger partial charge is 0.350 e.